The molecule has 0 unspecified atom stereocenters. The maximum Gasteiger partial charge on any atom is 0.469 e. The zero-order valence-corrected chi connectivity index (χ0v) is 23.1. The lowest BCUT2D eigenvalue weighted by Gasteiger charge is -2.17. The topological polar surface area (TPSA) is 180 Å². The molecule has 1 saturated heterocycles. The van der Waals surface area contributed by atoms with Crippen molar-refractivity contribution in [3.63, 3.8) is 0 Å². The van der Waals surface area contributed by atoms with E-state index < -0.39 is 44.7 Å². The van der Waals surface area contributed by atoms with E-state index in [0.717, 1.165) is 23.8 Å². The van der Waals surface area contributed by atoms with Crippen molar-refractivity contribution in [1.82, 2.24) is 9.55 Å². The predicted molar refractivity (Wildman–Crippen MR) is 141 cm³/mol. The van der Waals surface area contributed by atoms with Gasteiger partial charge >= 0.3 is 13.5 Å². The second-order valence-corrected chi connectivity index (χ2v) is 11.1. The standard InChI is InChI=1S/C25H44N3O9P/c1-2-3-4-5-6-7-8-9-10-11-12-13-14-15-21(29)26-20-16-17-28(25(32)27-20)24-23(31)22(30)19(37-24)18-36-38(33,34)35/h16-17,19,22-24,30-31H,2-15,18H2,1H3,(H2,33,34,35)(H,26,27,29,32)/t19-,22-,23-,24-/m1/s1. The van der Waals surface area contributed by atoms with Gasteiger partial charge in [0.15, 0.2) is 6.23 Å². The molecule has 1 aliphatic rings. The monoisotopic (exact) mass is 561 g/mol. The Labute approximate surface area is 224 Å². The van der Waals surface area contributed by atoms with Crippen LogP contribution >= 0.6 is 7.82 Å². The Hall–Kier alpha value is -1.66. The Morgan fingerprint density at radius 1 is 1.00 bits per heavy atom. The summed E-state index contributed by atoms with van der Waals surface area (Å²) in [5, 5.41) is 22.9. The minimum atomic E-state index is -4.80. The van der Waals surface area contributed by atoms with E-state index in [9.17, 15) is 24.4 Å². The van der Waals surface area contributed by atoms with Gasteiger partial charge in [0.25, 0.3) is 0 Å². The fraction of sp³-hybridized carbons (Fsp3) is 0.800. The molecule has 1 amide bonds. The number of hydrogen-bond donors (Lipinski definition) is 5. The summed E-state index contributed by atoms with van der Waals surface area (Å²) in [6.07, 6.45) is 11.7. The van der Waals surface area contributed by atoms with Gasteiger partial charge in [-0.3, -0.25) is 13.9 Å². The lowest BCUT2D eigenvalue weighted by molar-refractivity contribution is -0.116. The molecule has 0 aliphatic carbocycles. The molecule has 2 rings (SSSR count). The highest BCUT2D eigenvalue weighted by atomic mass is 31.2. The number of unbranched alkanes of at least 4 members (excludes halogenated alkanes) is 12. The van der Waals surface area contributed by atoms with Crippen LogP contribution in [0.15, 0.2) is 17.1 Å². The van der Waals surface area contributed by atoms with Crippen LogP contribution in [0.4, 0.5) is 5.82 Å². The zero-order valence-electron chi connectivity index (χ0n) is 22.2. The second kappa shape index (κ2) is 17.1. The Morgan fingerprint density at radius 2 is 1.55 bits per heavy atom. The highest BCUT2D eigenvalue weighted by Gasteiger charge is 2.45. The number of aliphatic hydroxyl groups excluding tert-OH is 2. The third-order valence-electron chi connectivity index (χ3n) is 6.62. The summed E-state index contributed by atoms with van der Waals surface area (Å²) in [7, 11) is -4.80. The summed E-state index contributed by atoms with van der Waals surface area (Å²) in [6, 6.07) is 1.37. The van der Waals surface area contributed by atoms with Gasteiger partial charge in [0.2, 0.25) is 5.91 Å². The van der Waals surface area contributed by atoms with Gasteiger partial charge in [0.1, 0.15) is 24.1 Å². The van der Waals surface area contributed by atoms with Crippen LogP contribution in [0.2, 0.25) is 0 Å². The van der Waals surface area contributed by atoms with E-state index in [1.165, 1.54) is 76.5 Å². The third-order valence-corrected chi connectivity index (χ3v) is 7.11. The summed E-state index contributed by atoms with van der Waals surface area (Å²) in [4.78, 5) is 46.1. The molecular weight excluding hydrogens is 517 g/mol. The van der Waals surface area contributed by atoms with Crippen LogP contribution in [0, 0.1) is 0 Å². The third kappa shape index (κ3) is 12.0. The highest BCUT2D eigenvalue weighted by molar-refractivity contribution is 7.46. The lowest BCUT2D eigenvalue weighted by atomic mass is 10.0. The number of nitrogens with zero attached hydrogens (tertiary/aromatic N) is 2. The van der Waals surface area contributed by atoms with Crippen LogP contribution in [0.5, 0.6) is 0 Å². The first kappa shape index (κ1) is 32.6. The highest BCUT2D eigenvalue weighted by Crippen LogP contribution is 2.38. The van der Waals surface area contributed by atoms with Crippen LogP contribution < -0.4 is 11.0 Å². The number of carbonyl (C=O) groups is 1. The number of rotatable bonds is 19. The van der Waals surface area contributed by atoms with Crippen LogP contribution in [0.1, 0.15) is 103 Å². The summed E-state index contributed by atoms with van der Waals surface area (Å²) >= 11 is 0. The van der Waals surface area contributed by atoms with Gasteiger partial charge in [-0.15, -0.1) is 0 Å². The molecule has 0 spiro atoms. The fourth-order valence-corrected chi connectivity index (χ4v) is 4.79. The van der Waals surface area contributed by atoms with Crippen LogP contribution in [-0.4, -0.2) is 60.4 Å². The van der Waals surface area contributed by atoms with Gasteiger partial charge in [-0.2, -0.15) is 4.98 Å². The molecule has 4 atom stereocenters. The zero-order chi connectivity index (χ0) is 28.0. The fourth-order valence-electron chi connectivity index (χ4n) is 4.45. The average molecular weight is 562 g/mol. The van der Waals surface area contributed by atoms with Gasteiger partial charge < -0.3 is 30.1 Å². The first-order valence-electron chi connectivity index (χ1n) is 13.7. The molecule has 38 heavy (non-hydrogen) atoms. The quantitative estimate of drug-likeness (QED) is 0.124. The number of aromatic nitrogens is 2. The van der Waals surface area contributed by atoms with E-state index in [1.54, 1.807) is 0 Å². The number of phosphoric ester groups is 1. The van der Waals surface area contributed by atoms with E-state index in [0.29, 0.717) is 6.42 Å². The number of nitrogens with one attached hydrogen (secondary N) is 1. The Balaban J connectivity index is 1.64. The molecule has 1 aromatic rings. The number of aliphatic hydroxyl groups is 2. The van der Waals surface area contributed by atoms with Gasteiger partial charge in [-0.05, 0) is 12.5 Å². The van der Waals surface area contributed by atoms with Gasteiger partial charge in [0, 0.05) is 12.6 Å². The van der Waals surface area contributed by atoms with Crippen molar-refractivity contribution >= 4 is 19.5 Å². The molecule has 5 N–H and O–H groups in total. The number of ether oxygens (including phenoxy) is 1. The molecule has 1 fully saturated rings. The summed E-state index contributed by atoms with van der Waals surface area (Å²) in [6.45, 7) is 1.55. The number of amides is 1. The SMILES string of the molecule is CCCCCCCCCCCCCCCC(=O)Nc1ccn([C@@H]2O[C@H](COP(=O)(O)O)[C@@H](O)[C@H]2O)c(=O)n1. The maximum absolute atomic E-state index is 12.4. The second-order valence-electron chi connectivity index (χ2n) is 9.88. The molecule has 1 aliphatic heterocycles. The predicted octanol–water partition coefficient (Wildman–Crippen LogP) is 3.39. The summed E-state index contributed by atoms with van der Waals surface area (Å²) < 4.78 is 21.5. The smallest absolute Gasteiger partial charge is 0.387 e. The van der Waals surface area contributed by atoms with Gasteiger partial charge in [-0.25, -0.2) is 9.36 Å². The number of hydrogen-bond acceptors (Lipinski definition) is 8. The largest absolute Gasteiger partial charge is 0.469 e. The van der Waals surface area contributed by atoms with E-state index in [4.69, 9.17) is 14.5 Å². The number of phosphoric acid groups is 1. The van der Waals surface area contributed by atoms with Crippen molar-refractivity contribution in [2.45, 2.75) is 121 Å². The van der Waals surface area contributed by atoms with Crippen molar-refractivity contribution < 1.29 is 38.6 Å². The van der Waals surface area contributed by atoms with Crippen molar-refractivity contribution in [3.8, 4) is 0 Å². The molecule has 13 heteroatoms. The average Bonchev–Trinajstić information content (AvgIpc) is 3.14. The van der Waals surface area contributed by atoms with E-state index >= 15 is 0 Å². The Bertz CT molecular complexity index is 939. The minimum Gasteiger partial charge on any atom is -0.387 e. The lowest BCUT2D eigenvalue weighted by Crippen LogP contribution is -2.36. The minimum absolute atomic E-state index is 0.0559. The van der Waals surface area contributed by atoms with Crippen LogP contribution in [0.3, 0.4) is 0 Å². The van der Waals surface area contributed by atoms with Crippen LogP contribution in [0.25, 0.3) is 0 Å². The first-order chi connectivity index (χ1) is 18.1. The Kier molecular flexibility index (Phi) is 14.7. The normalized spacial score (nSPS) is 21.6. The van der Waals surface area contributed by atoms with Gasteiger partial charge in [0.05, 0.1) is 6.61 Å². The molecule has 0 bridgehead atoms. The number of carbonyl (C=O) groups excluding carboxylic acids is 1. The molecule has 0 saturated carbocycles. The Morgan fingerprint density at radius 3 is 2.08 bits per heavy atom. The molecule has 0 radical (unpaired) electrons. The molecule has 1 aromatic heterocycles. The maximum atomic E-state index is 12.4. The molecule has 12 nitrogen and oxygen atoms in total. The molecular formula is C25H44N3O9P. The van der Waals surface area contributed by atoms with E-state index in [2.05, 4.69) is 21.7 Å². The number of anilines is 1. The molecule has 218 valence electrons. The molecule has 2 heterocycles. The van der Waals surface area contributed by atoms with Crippen molar-refractivity contribution in [3.05, 3.63) is 22.7 Å². The van der Waals surface area contributed by atoms with Gasteiger partial charge in [-0.1, -0.05) is 84.0 Å². The summed E-state index contributed by atoms with van der Waals surface area (Å²) in [5.74, 6) is -0.194. The van der Waals surface area contributed by atoms with Crippen molar-refractivity contribution in [1.29, 1.82) is 0 Å². The van der Waals surface area contributed by atoms with Crippen molar-refractivity contribution in [2.24, 2.45) is 0 Å². The summed E-state index contributed by atoms with van der Waals surface area (Å²) in [5.41, 5.74) is -0.837. The van der Waals surface area contributed by atoms with Crippen LogP contribution in [-0.2, 0) is 18.6 Å². The molecule has 0 aromatic carbocycles. The van der Waals surface area contributed by atoms with E-state index in [1.807, 2.05) is 0 Å². The first-order valence-corrected chi connectivity index (χ1v) is 15.3. The van der Waals surface area contributed by atoms with Crippen molar-refractivity contribution in [2.75, 3.05) is 11.9 Å². The van der Waals surface area contributed by atoms with E-state index in [-0.39, 0.29) is 11.7 Å².